The number of aliphatic carboxylic acids is 2. The van der Waals surface area contributed by atoms with E-state index in [2.05, 4.69) is 70.8 Å². The number of Topliss-reactive ketones (excluding diaryl/α,β-unsaturated/α-hetero) is 2. The normalized spacial score (nSPS) is 12.0. The average Bonchev–Trinajstić information content (AvgIpc) is 1.04. The number of aromatic nitrogens is 11. The fourth-order valence-electron chi connectivity index (χ4n) is 9.60. The van der Waals surface area contributed by atoms with Gasteiger partial charge in [0.15, 0.2) is 33.9 Å². The van der Waals surface area contributed by atoms with Gasteiger partial charge in [-0.15, -0.1) is 5.10 Å². The molecule has 0 saturated heterocycles. The molecule has 0 aliphatic carbocycles. The first-order chi connectivity index (χ1) is 46.3. The molecule has 0 radical (unpaired) electrons. The van der Waals surface area contributed by atoms with Crippen LogP contribution in [0.3, 0.4) is 0 Å². The number of carbonyl (C=O) groups excluding carboxylic acids is 4. The summed E-state index contributed by atoms with van der Waals surface area (Å²) >= 11 is 0. The van der Waals surface area contributed by atoms with Crippen molar-refractivity contribution >= 4 is 76.5 Å². The van der Waals surface area contributed by atoms with Crippen LogP contribution in [-0.4, -0.2) is 205 Å². The van der Waals surface area contributed by atoms with Crippen molar-refractivity contribution in [1.29, 1.82) is 0 Å². The van der Waals surface area contributed by atoms with E-state index in [-0.39, 0.29) is 177 Å². The number of ketones is 2. The SMILES string of the molecule is C[N+](C)(Cc1cn(CCOCCOCCNC(=O)CCC(CC(=O)c2ccc(CCc3cnc4nc(N)[nH]c(=O)c4n3)cc2)C(=O)O)nn1)C[B-](F)(F)F.[Cu+].[N-]=[N+]=NCCOCCOCCNC(=O)CCC(CC(=O)c1ccc(CCc2cnc3nc(N)[nH]c(=O)c3n2)cc1)C(=O)O. The molecule has 2 amide bonds. The van der Waals surface area contributed by atoms with Crippen molar-refractivity contribution in [3.05, 3.63) is 138 Å². The zero-order chi connectivity index (χ0) is 70.3. The fourth-order valence-corrected chi connectivity index (χ4v) is 9.60. The van der Waals surface area contributed by atoms with E-state index in [0.717, 1.165) is 11.1 Å². The maximum atomic E-state index is 12.9. The number of hydrogen-bond donors (Lipinski definition) is 8. The topological polar surface area (TPSA) is 478 Å². The number of H-pyrrole nitrogens is 2. The zero-order valence-electron chi connectivity index (χ0n) is 53.8. The van der Waals surface area contributed by atoms with Crippen molar-refractivity contribution in [2.24, 2.45) is 17.0 Å². The Morgan fingerprint density at radius 2 is 1.09 bits per heavy atom. The number of amides is 2. The first-order valence-corrected chi connectivity index (χ1v) is 30.8. The van der Waals surface area contributed by atoms with Crippen molar-refractivity contribution < 1.29 is 92.4 Å². The summed E-state index contributed by atoms with van der Waals surface area (Å²) in [7, 11) is 2.98. The van der Waals surface area contributed by atoms with Gasteiger partial charge in [-0.3, -0.25) is 48.3 Å². The number of hydrogen-bond acceptors (Lipinski definition) is 23. The quantitative estimate of drug-likeness (QED) is 0.00518. The number of carboxylic acid groups (broad SMARTS) is 2. The number of carbonyl (C=O) groups is 6. The van der Waals surface area contributed by atoms with E-state index in [1.165, 1.54) is 31.2 Å². The number of quaternary nitrogens is 1. The number of nitrogens with one attached hydrogen (secondary N) is 4. The van der Waals surface area contributed by atoms with Gasteiger partial charge in [0.1, 0.15) is 12.2 Å². The number of fused-ring (bicyclic) bond motifs is 2. The number of carboxylic acids is 2. The number of azide groups is 1. The first-order valence-electron chi connectivity index (χ1n) is 30.8. The van der Waals surface area contributed by atoms with Gasteiger partial charge in [-0.2, -0.15) is 9.97 Å². The number of aryl methyl sites for hydroxylation is 4. The van der Waals surface area contributed by atoms with Crippen LogP contribution >= 0.6 is 0 Å². The predicted octanol–water partition coefficient (Wildman–Crippen LogP) is 3.13. The summed E-state index contributed by atoms with van der Waals surface area (Å²) in [5.74, 6) is -5.83. The van der Waals surface area contributed by atoms with E-state index >= 15 is 0 Å². The minimum atomic E-state index is -4.92. The maximum Gasteiger partial charge on any atom is 1.00 e. The summed E-state index contributed by atoms with van der Waals surface area (Å²) in [4.78, 5) is 130. The van der Waals surface area contributed by atoms with Gasteiger partial charge in [0.05, 0.1) is 122 Å². The summed E-state index contributed by atoms with van der Waals surface area (Å²) < 4.78 is 61.1. The van der Waals surface area contributed by atoms with Crippen molar-refractivity contribution in [3.63, 3.8) is 0 Å². The molecule has 2 unspecified atom stereocenters. The molecule has 38 heteroatoms. The zero-order valence-corrected chi connectivity index (χ0v) is 54.7. The smallest absolute Gasteiger partial charge is 0.481 e. The monoisotopic (exact) mass is 1420 g/mol. The van der Waals surface area contributed by atoms with Gasteiger partial charge in [0, 0.05) is 61.4 Å². The molecule has 0 fully saturated rings. The summed E-state index contributed by atoms with van der Waals surface area (Å²) in [6.45, 7) is -1.58. The Balaban J connectivity index is 0.000000359. The third-order valence-corrected chi connectivity index (χ3v) is 14.5. The van der Waals surface area contributed by atoms with Gasteiger partial charge < -0.3 is 68.7 Å². The van der Waals surface area contributed by atoms with Crippen LogP contribution in [-0.2, 0) is 94.0 Å². The van der Waals surface area contributed by atoms with Gasteiger partial charge in [0.25, 0.3) is 11.1 Å². The third kappa shape index (κ3) is 28.6. The summed E-state index contributed by atoms with van der Waals surface area (Å²) in [6.07, 6.45) is 5.19. The van der Waals surface area contributed by atoms with Gasteiger partial charge in [-0.05, 0) is 55.2 Å². The molecule has 0 bridgehead atoms. The number of benzene rings is 2. The Hall–Kier alpha value is -9.68. The van der Waals surface area contributed by atoms with Crippen LogP contribution < -0.4 is 33.2 Å². The molecule has 0 aliphatic heterocycles. The van der Waals surface area contributed by atoms with Crippen LogP contribution in [0.15, 0.2) is 81.8 Å². The number of rotatable bonds is 42. The number of aromatic amines is 2. The summed E-state index contributed by atoms with van der Waals surface area (Å²) in [6, 6.07) is 13.6. The van der Waals surface area contributed by atoms with Crippen molar-refractivity contribution in [2.75, 3.05) is 104 Å². The molecule has 2 atom stereocenters. The molecular formula is C60H77BCuF3N19O14+. The molecule has 7 aromatic rings. The van der Waals surface area contributed by atoms with Crippen molar-refractivity contribution in [2.45, 2.75) is 77.3 Å². The van der Waals surface area contributed by atoms with Crippen LogP contribution in [0.2, 0.25) is 0 Å². The summed E-state index contributed by atoms with van der Waals surface area (Å²) in [5.41, 5.74) is 22.9. The largest absolute Gasteiger partial charge is 1.00 e. The summed E-state index contributed by atoms with van der Waals surface area (Å²) in [5, 5.41) is 35.8. The third-order valence-electron chi connectivity index (χ3n) is 14.5. The van der Waals surface area contributed by atoms with Crippen molar-refractivity contribution in [1.82, 2.24) is 65.5 Å². The van der Waals surface area contributed by atoms with E-state index in [4.69, 9.17) is 35.9 Å². The van der Waals surface area contributed by atoms with Crippen LogP contribution in [0.1, 0.15) is 87.4 Å². The number of nitrogens with zero attached hydrogens (tertiary/aromatic N) is 13. The first kappa shape index (κ1) is 79.0. The van der Waals surface area contributed by atoms with Gasteiger partial charge in [-0.1, -0.05) is 58.9 Å². The Bertz CT molecular complexity index is 3960. The maximum absolute atomic E-state index is 12.9. The molecule has 5 heterocycles. The number of nitrogen functional groups attached to an aromatic ring is 2. The second kappa shape index (κ2) is 40.1. The molecule has 0 saturated carbocycles. The molecule has 33 nitrogen and oxygen atoms in total. The van der Waals surface area contributed by atoms with Crippen molar-refractivity contribution in [3.8, 4) is 0 Å². The molecule has 530 valence electrons. The van der Waals surface area contributed by atoms with Crippen LogP contribution in [0.4, 0.5) is 24.8 Å². The van der Waals surface area contributed by atoms with Gasteiger partial charge in [0.2, 0.25) is 23.7 Å². The second-order valence-electron chi connectivity index (χ2n) is 22.8. The number of anilines is 2. The fraction of sp³-hybridized carbons (Fsp3) is 0.467. The van der Waals surface area contributed by atoms with E-state index in [0.29, 0.717) is 80.3 Å². The average molecular weight is 1420 g/mol. The van der Waals surface area contributed by atoms with E-state index in [9.17, 15) is 61.5 Å². The Morgan fingerprint density at radius 3 is 1.52 bits per heavy atom. The van der Waals surface area contributed by atoms with Crippen LogP contribution in [0, 0.1) is 11.8 Å². The van der Waals surface area contributed by atoms with E-state index < -0.39 is 48.3 Å². The molecular weight excluding hydrogens is 1340 g/mol. The minimum Gasteiger partial charge on any atom is -0.481 e. The number of ether oxygens (including phenoxy) is 4. The Labute approximate surface area is 568 Å². The van der Waals surface area contributed by atoms with Crippen LogP contribution in [0.5, 0.6) is 0 Å². The Morgan fingerprint density at radius 1 is 0.653 bits per heavy atom. The second-order valence-corrected chi connectivity index (χ2v) is 22.8. The van der Waals surface area contributed by atoms with E-state index in [1.807, 2.05) is 0 Å². The van der Waals surface area contributed by atoms with Crippen LogP contribution in [0.25, 0.3) is 32.8 Å². The molecule has 0 aliphatic rings. The molecule has 10 N–H and O–H groups in total. The Kier molecular flexibility index (Phi) is 32.4. The molecule has 5 aromatic heterocycles. The molecule has 0 spiro atoms. The molecule has 98 heavy (non-hydrogen) atoms. The molecule has 7 rings (SSSR count). The predicted molar refractivity (Wildman–Crippen MR) is 344 cm³/mol. The van der Waals surface area contributed by atoms with Gasteiger partial charge >= 0.3 is 36.0 Å². The number of halogens is 3. The van der Waals surface area contributed by atoms with Gasteiger partial charge in [-0.25, -0.2) is 24.6 Å². The minimum absolute atomic E-state index is 0. The number of nitrogens with two attached hydrogens (primary N) is 2. The standard InChI is InChI=1S/C33H44BF3N10O7.C27H33N9O7.Cu/c1-47(2,21-34(35,36)37)20-26-19-46(45-44-26)12-14-54-16-15-53-13-11-39-28(49)10-8-24(32(51)52)17-27(48)23-6-3-22(4-7-23)5-9-25-18-40-30-29(41-25)31(50)43-33(38)42-30;28-27-34-24-23(25(39)35-27)33-20(16-31-24)7-3-17-1-4-18(5-2-17)21(37)15-19(26(40)41)6-8-22(38)30-9-11-42-13-14-43-12-10-32-36-29;/h3-4,6-7,18-19,24H,5,8-17,20-21H2,1-2H3,(H,39,49)(H,51,52)(H3,38,40,42,43,50);1-2,4-5,16,19H,3,6-15H2,(H,30,38)(H,40,41)(H3,28,31,34,35,39);/q;;+1. The van der Waals surface area contributed by atoms with E-state index in [1.54, 1.807) is 54.7 Å². The molecule has 2 aromatic carbocycles.